The topological polar surface area (TPSA) is 71.1 Å². The van der Waals surface area contributed by atoms with Crippen molar-refractivity contribution in [2.45, 2.75) is 19.4 Å². The van der Waals surface area contributed by atoms with E-state index in [0.717, 1.165) is 44.4 Å². The number of hydrogen-bond acceptors (Lipinski definition) is 5. The van der Waals surface area contributed by atoms with Crippen molar-refractivity contribution in [2.24, 2.45) is 0 Å². The van der Waals surface area contributed by atoms with E-state index in [-0.39, 0.29) is 11.9 Å². The second-order valence-electron chi connectivity index (χ2n) is 7.71. The Morgan fingerprint density at radius 1 is 1.26 bits per heavy atom. The summed E-state index contributed by atoms with van der Waals surface area (Å²) in [5.74, 6) is 1.47. The van der Waals surface area contributed by atoms with Crippen molar-refractivity contribution >= 4 is 28.3 Å². The van der Waals surface area contributed by atoms with Crippen LogP contribution in [0, 0.1) is 6.92 Å². The van der Waals surface area contributed by atoms with Gasteiger partial charge in [0, 0.05) is 29.1 Å². The molecule has 1 fully saturated rings. The maximum atomic E-state index is 13.7. The zero-order valence-electron chi connectivity index (χ0n) is 17.4. The van der Waals surface area contributed by atoms with E-state index in [4.69, 9.17) is 9.72 Å². The van der Waals surface area contributed by atoms with E-state index in [1.807, 2.05) is 59.7 Å². The fourth-order valence-corrected chi connectivity index (χ4v) is 4.69. The number of methoxy groups -OCH3 is 1. The first-order chi connectivity index (χ1) is 15.0. The van der Waals surface area contributed by atoms with Crippen molar-refractivity contribution in [1.82, 2.24) is 19.9 Å². The number of nitrogens with zero attached hydrogens (tertiary/aromatic N) is 3. The Hall–Kier alpha value is -3.45. The summed E-state index contributed by atoms with van der Waals surface area (Å²) in [6.45, 7) is 6.63. The van der Waals surface area contributed by atoms with Crippen LogP contribution in [0.25, 0.3) is 22.3 Å². The normalized spacial score (nSPS) is 16.3. The van der Waals surface area contributed by atoms with Gasteiger partial charge in [0.05, 0.1) is 34.9 Å². The number of rotatable bonds is 4. The minimum Gasteiger partial charge on any atom is -0.497 e. The fraction of sp³-hybridized carbons (Fsp3) is 0.208. The molecule has 0 saturated carbocycles. The van der Waals surface area contributed by atoms with E-state index in [2.05, 4.69) is 16.5 Å². The standard InChI is InChI=1S/C24H22N4O2S/c1-14-10-22(23-26-19-9-8-16(30-3)11-20(19)27-23)28(12-14)24(29)18-7-5-4-6-17(18)21-13-31-15(2)25-21/h4-9,11,13,22H,1,10,12H2,2-3H3,(H,26,27)/t22-/m0/s1. The van der Waals surface area contributed by atoms with Gasteiger partial charge >= 0.3 is 0 Å². The number of ether oxygens (including phenoxy) is 1. The molecule has 2 aromatic carbocycles. The van der Waals surface area contributed by atoms with Crippen molar-refractivity contribution in [3.05, 3.63) is 76.4 Å². The third-order valence-electron chi connectivity index (χ3n) is 5.59. The van der Waals surface area contributed by atoms with Gasteiger partial charge in [-0.1, -0.05) is 30.4 Å². The highest BCUT2D eigenvalue weighted by Gasteiger charge is 2.35. The first kappa shape index (κ1) is 19.5. The van der Waals surface area contributed by atoms with Gasteiger partial charge in [0.25, 0.3) is 5.91 Å². The minimum absolute atomic E-state index is 0.0389. The highest BCUT2D eigenvalue weighted by Crippen LogP contribution is 2.37. The van der Waals surface area contributed by atoms with Crippen LogP contribution in [-0.4, -0.2) is 39.4 Å². The number of benzene rings is 2. The Balaban J connectivity index is 1.53. The van der Waals surface area contributed by atoms with Gasteiger partial charge in [0.15, 0.2) is 0 Å². The number of amides is 1. The van der Waals surface area contributed by atoms with Crippen molar-refractivity contribution in [2.75, 3.05) is 13.7 Å². The second-order valence-corrected chi connectivity index (χ2v) is 8.77. The van der Waals surface area contributed by atoms with Gasteiger partial charge in [-0.3, -0.25) is 4.79 Å². The van der Waals surface area contributed by atoms with Crippen molar-refractivity contribution in [3.63, 3.8) is 0 Å². The van der Waals surface area contributed by atoms with Gasteiger partial charge in [-0.2, -0.15) is 0 Å². The number of fused-ring (bicyclic) bond motifs is 1. The third kappa shape index (κ3) is 3.51. The van der Waals surface area contributed by atoms with Gasteiger partial charge in [0.1, 0.15) is 11.6 Å². The molecular weight excluding hydrogens is 408 g/mol. The lowest BCUT2D eigenvalue weighted by Crippen LogP contribution is -2.31. The van der Waals surface area contributed by atoms with Crippen LogP contribution in [0.2, 0.25) is 0 Å². The molecular formula is C24H22N4O2S. The van der Waals surface area contributed by atoms with E-state index >= 15 is 0 Å². The monoisotopic (exact) mass is 430 g/mol. The Labute approximate surface area is 184 Å². The molecule has 4 aromatic rings. The van der Waals surface area contributed by atoms with E-state index in [1.165, 1.54) is 0 Å². The van der Waals surface area contributed by atoms with E-state index < -0.39 is 0 Å². The molecule has 31 heavy (non-hydrogen) atoms. The molecule has 0 aliphatic carbocycles. The Bertz CT molecular complexity index is 1310. The van der Waals surface area contributed by atoms with Crippen LogP contribution in [0.4, 0.5) is 0 Å². The molecule has 0 unspecified atom stereocenters. The van der Waals surface area contributed by atoms with Crippen molar-refractivity contribution in [1.29, 1.82) is 0 Å². The van der Waals surface area contributed by atoms with Crippen molar-refractivity contribution < 1.29 is 9.53 Å². The lowest BCUT2D eigenvalue weighted by Gasteiger charge is -2.23. The number of likely N-dealkylation sites (tertiary alicyclic amines) is 1. The van der Waals surface area contributed by atoms with Crippen LogP contribution in [0.1, 0.15) is 33.7 Å². The number of H-pyrrole nitrogens is 1. The number of aromatic nitrogens is 3. The van der Waals surface area contributed by atoms with Crippen LogP contribution in [-0.2, 0) is 0 Å². The Kier molecular flexibility index (Phi) is 4.82. The number of hydrogen-bond donors (Lipinski definition) is 1. The van der Waals surface area contributed by atoms with Crippen LogP contribution in [0.3, 0.4) is 0 Å². The van der Waals surface area contributed by atoms with Crippen LogP contribution < -0.4 is 4.74 Å². The molecule has 5 rings (SSSR count). The first-order valence-corrected chi connectivity index (χ1v) is 10.9. The molecule has 0 bridgehead atoms. The quantitative estimate of drug-likeness (QED) is 0.455. The fourth-order valence-electron chi connectivity index (χ4n) is 4.08. The van der Waals surface area contributed by atoms with E-state index in [0.29, 0.717) is 18.5 Å². The predicted octanol–water partition coefficient (Wildman–Crippen LogP) is 5.15. The number of aryl methyl sites for hydroxylation is 1. The zero-order chi connectivity index (χ0) is 21.5. The van der Waals surface area contributed by atoms with Gasteiger partial charge < -0.3 is 14.6 Å². The van der Waals surface area contributed by atoms with E-state index in [9.17, 15) is 4.79 Å². The lowest BCUT2D eigenvalue weighted by molar-refractivity contribution is 0.0733. The summed E-state index contributed by atoms with van der Waals surface area (Å²) in [6, 6.07) is 13.2. The molecule has 0 spiro atoms. The highest BCUT2D eigenvalue weighted by molar-refractivity contribution is 7.09. The molecule has 3 heterocycles. The van der Waals surface area contributed by atoms with Crippen molar-refractivity contribution in [3.8, 4) is 17.0 Å². The molecule has 156 valence electrons. The molecule has 1 saturated heterocycles. The first-order valence-electron chi connectivity index (χ1n) is 10.1. The molecule has 0 radical (unpaired) electrons. The van der Waals surface area contributed by atoms with Gasteiger partial charge in [-0.25, -0.2) is 9.97 Å². The molecule has 1 amide bonds. The summed E-state index contributed by atoms with van der Waals surface area (Å²) in [5.41, 5.74) is 5.07. The average Bonchev–Trinajstić information content (AvgIpc) is 3.50. The summed E-state index contributed by atoms with van der Waals surface area (Å²) in [6.07, 6.45) is 0.681. The number of thiazole rings is 1. The number of nitrogens with one attached hydrogen (secondary N) is 1. The lowest BCUT2D eigenvalue weighted by atomic mass is 10.0. The molecule has 1 N–H and O–H groups in total. The largest absolute Gasteiger partial charge is 0.497 e. The molecule has 1 aliphatic heterocycles. The SMILES string of the molecule is C=C1C[C@@H](c2nc3cc(OC)ccc3[nH]2)N(C(=O)c2ccccc2-c2csc(C)n2)C1. The van der Waals surface area contributed by atoms with Gasteiger partial charge in [-0.05, 0) is 31.5 Å². The Morgan fingerprint density at radius 2 is 2.10 bits per heavy atom. The maximum absolute atomic E-state index is 13.7. The summed E-state index contributed by atoms with van der Waals surface area (Å²) >= 11 is 1.58. The number of carbonyl (C=O) groups excluding carboxylic acids is 1. The predicted molar refractivity (Wildman–Crippen MR) is 122 cm³/mol. The van der Waals surface area contributed by atoms with Crippen LogP contribution >= 0.6 is 11.3 Å². The smallest absolute Gasteiger partial charge is 0.255 e. The van der Waals surface area contributed by atoms with Crippen LogP contribution in [0.15, 0.2) is 60.0 Å². The summed E-state index contributed by atoms with van der Waals surface area (Å²) in [4.78, 5) is 28.3. The zero-order valence-corrected chi connectivity index (χ0v) is 18.2. The van der Waals surface area contributed by atoms with E-state index in [1.54, 1.807) is 18.4 Å². The van der Waals surface area contributed by atoms with Gasteiger partial charge in [-0.15, -0.1) is 11.3 Å². The van der Waals surface area contributed by atoms with Gasteiger partial charge in [0.2, 0.25) is 0 Å². The number of imidazole rings is 1. The molecule has 6 nitrogen and oxygen atoms in total. The number of carbonyl (C=O) groups is 1. The number of aromatic amines is 1. The Morgan fingerprint density at radius 3 is 2.87 bits per heavy atom. The second kappa shape index (κ2) is 7.67. The average molecular weight is 431 g/mol. The molecule has 2 aromatic heterocycles. The summed E-state index contributed by atoms with van der Waals surface area (Å²) < 4.78 is 5.31. The molecule has 1 atom stereocenters. The molecule has 1 aliphatic rings. The van der Waals surface area contributed by atoms with Crippen LogP contribution in [0.5, 0.6) is 5.75 Å². The minimum atomic E-state index is -0.191. The highest BCUT2D eigenvalue weighted by atomic mass is 32.1. The third-order valence-corrected chi connectivity index (χ3v) is 6.36. The summed E-state index contributed by atoms with van der Waals surface area (Å²) in [5, 5.41) is 2.97. The summed E-state index contributed by atoms with van der Waals surface area (Å²) in [7, 11) is 1.64. The maximum Gasteiger partial charge on any atom is 0.255 e. The molecule has 7 heteroatoms.